The van der Waals surface area contributed by atoms with Crippen LogP contribution in [0.3, 0.4) is 0 Å². The van der Waals surface area contributed by atoms with Crippen molar-refractivity contribution in [3.8, 4) is 6.01 Å². The molecule has 5 heteroatoms. The van der Waals surface area contributed by atoms with Crippen molar-refractivity contribution in [3.05, 3.63) is 24.0 Å². The average molecular weight is 294 g/mol. The second-order valence-electron chi connectivity index (χ2n) is 6.58. The summed E-state index contributed by atoms with van der Waals surface area (Å²) in [6, 6.07) is 1.83. The molecule has 0 fully saturated rings. The molecule has 1 aliphatic carbocycles. The van der Waals surface area contributed by atoms with Crippen LogP contribution in [0.1, 0.15) is 24.5 Å². The Labute approximate surface area is 122 Å². The van der Waals surface area contributed by atoms with Gasteiger partial charge in [0, 0.05) is 26.8 Å². The van der Waals surface area contributed by atoms with Gasteiger partial charge in [-0.15, -0.1) is 0 Å². The lowest BCUT2D eigenvalue weighted by Gasteiger charge is -2.15. The van der Waals surface area contributed by atoms with Crippen molar-refractivity contribution in [2.24, 2.45) is 0 Å². The quantitative estimate of drug-likeness (QED) is 0.437. The van der Waals surface area contributed by atoms with Crippen molar-refractivity contribution in [2.45, 2.75) is 51.2 Å². The van der Waals surface area contributed by atoms with Gasteiger partial charge in [-0.05, 0) is 18.9 Å². The Hall–Kier alpha value is -1.07. The maximum absolute atomic E-state index is 5.77. The average Bonchev–Trinajstić information content (AvgIpc) is 3.02. The van der Waals surface area contributed by atoms with E-state index >= 15 is 0 Å². The molecule has 0 spiro atoms. The molecular weight excluding hydrogens is 268 g/mol. The first-order valence-corrected chi connectivity index (χ1v) is 11.1. The van der Waals surface area contributed by atoms with Gasteiger partial charge in [0.05, 0.1) is 12.8 Å². The fraction of sp³-hybridized carbons (Fsp3) is 0.667. The van der Waals surface area contributed by atoms with E-state index in [9.17, 15) is 0 Å². The molecule has 0 bridgehead atoms. The topological polar surface area (TPSA) is 36.3 Å². The van der Waals surface area contributed by atoms with Crippen LogP contribution in [-0.4, -0.2) is 31.3 Å². The Morgan fingerprint density at radius 1 is 1.40 bits per heavy atom. The van der Waals surface area contributed by atoms with E-state index in [1.54, 1.807) is 7.11 Å². The minimum atomic E-state index is -1.02. The molecule has 0 N–H and O–H groups in total. The number of imidazole rings is 1. The Morgan fingerprint density at radius 2 is 2.20 bits per heavy atom. The molecule has 1 aromatic rings. The summed E-state index contributed by atoms with van der Waals surface area (Å²) in [5.74, 6) is 0.437. The lowest BCUT2D eigenvalue weighted by Crippen LogP contribution is -2.22. The fourth-order valence-corrected chi connectivity index (χ4v) is 3.03. The van der Waals surface area contributed by atoms with Crippen molar-refractivity contribution in [2.75, 3.05) is 13.7 Å². The number of aromatic nitrogens is 2. The van der Waals surface area contributed by atoms with E-state index in [0.717, 1.165) is 25.1 Å². The van der Waals surface area contributed by atoms with Gasteiger partial charge in [-0.2, -0.15) is 4.98 Å². The predicted molar refractivity (Wildman–Crippen MR) is 84.0 cm³/mol. The summed E-state index contributed by atoms with van der Waals surface area (Å²) in [7, 11) is 0.638. The van der Waals surface area contributed by atoms with E-state index in [-0.39, 0.29) is 0 Å². The van der Waals surface area contributed by atoms with Crippen LogP contribution >= 0.6 is 0 Å². The molecule has 0 aromatic carbocycles. The summed E-state index contributed by atoms with van der Waals surface area (Å²) in [6.45, 7) is 8.42. The summed E-state index contributed by atoms with van der Waals surface area (Å²) in [5.41, 5.74) is 1.09. The second kappa shape index (κ2) is 6.59. The van der Waals surface area contributed by atoms with Crippen LogP contribution in [0.25, 0.3) is 0 Å². The van der Waals surface area contributed by atoms with Gasteiger partial charge in [0.25, 0.3) is 6.01 Å². The van der Waals surface area contributed by atoms with E-state index in [1.807, 2.05) is 4.57 Å². The van der Waals surface area contributed by atoms with Gasteiger partial charge in [-0.1, -0.05) is 31.8 Å². The third-order valence-corrected chi connectivity index (χ3v) is 5.26. The third-order valence-electron chi connectivity index (χ3n) is 3.56. The molecular formula is C15H26N2O2Si. The molecule has 0 aliphatic heterocycles. The highest BCUT2D eigenvalue weighted by Gasteiger charge is 2.18. The van der Waals surface area contributed by atoms with Crippen molar-refractivity contribution in [1.29, 1.82) is 0 Å². The monoisotopic (exact) mass is 294 g/mol. The number of rotatable bonds is 7. The Morgan fingerprint density at radius 3 is 2.80 bits per heavy atom. The van der Waals surface area contributed by atoms with Crippen LogP contribution in [0, 0.1) is 0 Å². The first-order chi connectivity index (χ1) is 9.49. The van der Waals surface area contributed by atoms with Crippen LogP contribution in [0.4, 0.5) is 0 Å². The molecule has 0 saturated heterocycles. The molecule has 1 unspecified atom stereocenters. The molecule has 20 heavy (non-hydrogen) atoms. The van der Waals surface area contributed by atoms with Crippen LogP contribution in [0.15, 0.2) is 18.3 Å². The first-order valence-electron chi connectivity index (χ1n) is 7.35. The molecule has 1 heterocycles. The van der Waals surface area contributed by atoms with Crippen LogP contribution < -0.4 is 4.74 Å². The number of methoxy groups -OCH3 is 1. The number of hydrogen-bond acceptors (Lipinski definition) is 3. The van der Waals surface area contributed by atoms with Crippen LogP contribution in [0.5, 0.6) is 6.01 Å². The van der Waals surface area contributed by atoms with Crippen LogP contribution in [-0.2, 0) is 11.5 Å². The molecule has 0 radical (unpaired) electrons. The van der Waals surface area contributed by atoms with Gasteiger partial charge < -0.3 is 9.47 Å². The zero-order valence-corrected chi connectivity index (χ0v) is 14.1. The van der Waals surface area contributed by atoms with Gasteiger partial charge >= 0.3 is 0 Å². The van der Waals surface area contributed by atoms with Gasteiger partial charge in [-0.3, -0.25) is 4.57 Å². The SMILES string of the molecule is COc1nc(C2C=CCC2)cn1COCC[Si](C)(C)C. The van der Waals surface area contributed by atoms with Gasteiger partial charge in [-0.25, -0.2) is 0 Å². The highest BCUT2D eigenvalue weighted by atomic mass is 28.3. The summed E-state index contributed by atoms with van der Waals surface area (Å²) >= 11 is 0. The zero-order chi connectivity index (χ0) is 14.6. The third kappa shape index (κ3) is 4.21. The van der Waals surface area contributed by atoms with Crippen molar-refractivity contribution in [3.63, 3.8) is 0 Å². The van der Waals surface area contributed by atoms with Gasteiger partial charge in [0.15, 0.2) is 0 Å². The summed E-state index contributed by atoms with van der Waals surface area (Å²) in [6.07, 6.45) is 8.82. The summed E-state index contributed by atoms with van der Waals surface area (Å²) in [5, 5.41) is 0. The second-order valence-corrected chi connectivity index (χ2v) is 12.2. The van der Waals surface area contributed by atoms with Crippen LogP contribution in [0.2, 0.25) is 25.7 Å². The smallest absolute Gasteiger partial charge is 0.298 e. The number of hydrogen-bond donors (Lipinski definition) is 0. The van der Waals surface area contributed by atoms with Gasteiger partial charge in [0.1, 0.15) is 6.73 Å². The first kappa shape index (κ1) is 15.3. The van der Waals surface area contributed by atoms with Crippen molar-refractivity contribution < 1.29 is 9.47 Å². The molecule has 1 atom stereocenters. The molecule has 1 aromatic heterocycles. The highest BCUT2D eigenvalue weighted by Crippen LogP contribution is 2.29. The van der Waals surface area contributed by atoms with Crippen molar-refractivity contribution in [1.82, 2.24) is 9.55 Å². The van der Waals surface area contributed by atoms with E-state index < -0.39 is 8.07 Å². The molecule has 112 valence electrons. The largest absolute Gasteiger partial charge is 0.468 e. The summed E-state index contributed by atoms with van der Waals surface area (Å²) in [4.78, 5) is 4.56. The van der Waals surface area contributed by atoms with E-state index in [2.05, 4.69) is 43.0 Å². The highest BCUT2D eigenvalue weighted by molar-refractivity contribution is 6.76. The zero-order valence-electron chi connectivity index (χ0n) is 13.1. The molecule has 0 amide bonds. The molecule has 1 aliphatic rings. The molecule has 0 saturated carbocycles. The predicted octanol–water partition coefficient (Wildman–Crippen LogP) is 3.64. The summed E-state index contributed by atoms with van der Waals surface area (Å²) < 4.78 is 13.1. The maximum atomic E-state index is 5.77. The number of ether oxygens (including phenoxy) is 2. The minimum Gasteiger partial charge on any atom is -0.468 e. The lowest BCUT2D eigenvalue weighted by molar-refractivity contribution is 0.0808. The number of nitrogens with zero attached hydrogens (tertiary/aromatic N) is 2. The van der Waals surface area contributed by atoms with E-state index in [0.29, 0.717) is 18.7 Å². The normalized spacial score (nSPS) is 18.7. The minimum absolute atomic E-state index is 0.437. The lowest BCUT2D eigenvalue weighted by atomic mass is 10.1. The van der Waals surface area contributed by atoms with E-state index in [1.165, 1.54) is 6.04 Å². The Bertz CT molecular complexity index is 463. The Kier molecular flexibility index (Phi) is 5.04. The maximum Gasteiger partial charge on any atom is 0.298 e. The van der Waals surface area contributed by atoms with Crippen molar-refractivity contribution >= 4 is 8.07 Å². The fourth-order valence-electron chi connectivity index (χ4n) is 2.27. The molecule has 2 rings (SSSR count). The van der Waals surface area contributed by atoms with Gasteiger partial charge in [0.2, 0.25) is 0 Å². The van der Waals surface area contributed by atoms with E-state index in [4.69, 9.17) is 9.47 Å². The standard InChI is InChI=1S/C15H26N2O2Si/c1-18-15-16-14(13-7-5-6-8-13)11-17(15)12-19-9-10-20(2,3)4/h5,7,11,13H,6,8-10,12H2,1-4H3. The molecule has 4 nitrogen and oxygen atoms in total. The number of allylic oxidation sites excluding steroid dienone is 2. The Balaban J connectivity index is 1.91.